The van der Waals surface area contributed by atoms with E-state index in [1.807, 2.05) is 45.2 Å². The highest BCUT2D eigenvalue weighted by Gasteiger charge is 2.31. The maximum Gasteiger partial charge on any atom is 0.416 e. The van der Waals surface area contributed by atoms with E-state index in [4.69, 9.17) is 14.2 Å². The molecule has 3 amide bonds. The number of hydrogen-bond acceptors (Lipinski definition) is 7. The molecule has 278 valence electrons. The molecule has 0 aliphatic carbocycles. The zero-order valence-electron chi connectivity index (χ0n) is 29.8. The number of alkyl halides is 3. The highest BCUT2D eigenvalue weighted by Crippen LogP contribution is 2.31. The molecule has 4 rings (SSSR count). The lowest BCUT2D eigenvalue weighted by Crippen LogP contribution is -2.47. The first-order chi connectivity index (χ1) is 24.3. The number of aliphatic hydroxyl groups excluding tert-OH is 1. The average molecular weight is 715 g/mol. The first-order valence-electron chi connectivity index (χ1n) is 17.2. The van der Waals surface area contributed by atoms with Gasteiger partial charge in [-0.2, -0.15) is 13.2 Å². The predicted octanol–water partition coefficient (Wildman–Crippen LogP) is 7.29. The van der Waals surface area contributed by atoms with Crippen LogP contribution in [0, 0.1) is 5.92 Å². The summed E-state index contributed by atoms with van der Waals surface area (Å²) in [5, 5.41) is 15.4. The van der Waals surface area contributed by atoms with Crippen LogP contribution in [0.25, 0.3) is 0 Å². The zero-order chi connectivity index (χ0) is 37.1. The molecule has 0 saturated carbocycles. The number of likely N-dealkylation sites (N-methyl/N-ethyl adjacent to an activating group) is 1. The molecule has 1 heterocycles. The maximum atomic E-state index is 14.4. The van der Waals surface area contributed by atoms with Gasteiger partial charge in [0.1, 0.15) is 11.5 Å². The summed E-state index contributed by atoms with van der Waals surface area (Å²) in [6.07, 6.45) is -2.53. The Labute approximate surface area is 297 Å². The van der Waals surface area contributed by atoms with Gasteiger partial charge in [-0.15, -0.1) is 0 Å². The van der Waals surface area contributed by atoms with Gasteiger partial charge in [-0.1, -0.05) is 19.1 Å². The Bertz CT molecular complexity index is 1570. The summed E-state index contributed by atoms with van der Waals surface area (Å²) in [6.45, 7) is 7.59. The number of urea groups is 1. The quantitative estimate of drug-likeness (QED) is 0.214. The molecular weight excluding hydrogens is 665 g/mol. The van der Waals surface area contributed by atoms with Gasteiger partial charge in [0.2, 0.25) is 0 Å². The topological polar surface area (TPSA) is 113 Å². The Hall–Kier alpha value is -4.33. The summed E-state index contributed by atoms with van der Waals surface area (Å²) in [5.41, 5.74) is 0.931. The SMILES string of the molecule is COc1ccc(CN(C)C[C@@H]2OCCCC[C@H](C)Oc3ccc(NC(=O)Nc4ccc(C(F)(F)F)cc4)cc3C(=O)N([C@H](C)CO)C[C@@H]2C)cc1. The van der Waals surface area contributed by atoms with Gasteiger partial charge >= 0.3 is 12.2 Å². The third kappa shape index (κ3) is 11.6. The van der Waals surface area contributed by atoms with Gasteiger partial charge in [0.25, 0.3) is 5.91 Å². The summed E-state index contributed by atoms with van der Waals surface area (Å²) in [4.78, 5) is 31.0. The van der Waals surface area contributed by atoms with Crippen molar-refractivity contribution in [1.29, 1.82) is 0 Å². The number of hydrogen-bond donors (Lipinski definition) is 3. The summed E-state index contributed by atoms with van der Waals surface area (Å²) in [6, 6.07) is 15.5. The molecule has 0 radical (unpaired) electrons. The van der Waals surface area contributed by atoms with Crippen molar-refractivity contribution in [3.63, 3.8) is 0 Å². The Kier molecular flexibility index (Phi) is 14.1. The molecule has 51 heavy (non-hydrogen) atoms. The fraction of sp³-hybridized carbons (Fsp3) is 0.474. The lowest BCUT2D eigenvalue weighted by Gasteiger charge is -2.36. The second kappa shape index (κ2) is 18.2. The fourth-order valence-corrected chi connectivity index (χ4v) is 5.91. The van der Waals surface area contributed by atoms with Crippen molar-refractivity contribution < 1.29 is 42.1 Å². The lowest BCUT2D eigenvalue weighted by molar-refractivity contribution is -0.137. The molecule has 13 heteroatoms. The van der Waals surface area contributed by atoms with E-state index in [1.54, 1.807) is 31.1 Å². The van der Waals surface area contributed by atoms with E-state index >= 15 is 0 Å². The van der Waals surface area contributed by atoms with Gasteiger partial charge in [0.15, 0.2) is 0 Å². The van der Waals surface area contributed by atoms with Gasteiger partial charge in [0, 0.05) is 43.5 Å². The van der Waals surface area contributed by atoms with Crippen LogP contribution in [0.5, 0.6) is 11.5 Å². The number of nitrogens with zero attached hydrogens (tertiary/aromatic N) is 2. The Morgan fingerprint density at radius 2 is 1.71 bits per heavy atom. The minimum absolute atomic E-state index is 0.122. The van der Waals surface area contributed by atoms with Crippen molar-refractivity contribution in [2.45, 2.75) is 71.0 Å². The van der Waals surface area contributed by atoms with Crippen molar-refractivity contribution in [1.82, 2.24) is 9.80 Å². The van der Waals surface area contributed by atoms with Gasteiger partial charge < -0.3 is 34.9 Å². The van der Waals surface area contributed by atoms with E-state index < -0.39 is 23.8 Å². The summed E-state index contributed by atoms with van der Waals surface area (Å²) in [5.74, 6) is 0.619. The molecule has 1 aliphatic heterocycles. The van der Waals surface area contributed by atoms with E-state index in [-0.39, 0.29) is 54.1 Å². The van der Waals surface area contributed by atoms with E-state index in [1.165, 1.54) is 6.07 Å². The predicted molar refractivity (Wildman–Crippen MR) is 190 cm³/mol. The Morgan fingerprint density at radius 1 is 1.04 bits per heavy atom. The fourth-order valence-electron chi connectivity index (χ4n) is 5.91. The molecule has 1 aliphatic rings. The Morgan fingerprint density at radius 3 is 2.35 bits per heavy atom. The van der Waals surface area contributed by atoms with Gasteiger partial charge in [-0.3, -0.25) is 9.69 Å². The average Bonchev–Trinajstić information content (AvgIpc) is 3.09. The van der Waals surface area contributed by atoms with Crippen molar-refractivity contribution in [3.05, 3.63) is 83.4 Å². The van der Waals surface area contributed by atoms with E-state index in [9.17, 15) is 27.9 Å². The largest absolute Gasteiger partial charge is 0.497 e. The summed E-state index contributed by atoms with van der Waals surface area (Å²) in [7, 11) is 3.66. The van der Waals surface area contributed by atoms with Crippen LogP contribution in [-0.4, -0.2) is 85.6 Å². The Balaban J connectivity index is 1.56. The number of benzene rings is 3. The highest BCUT2D eigenvalue weighted by molar-refractivity contribution is 6.02. The van der Waals surface area contributed by atoms with E-state index in [0.717, 1.165) is 54.8 Å². The molecular formula is C38H49F3N4O6. The molecule has 4 atom stereocenters. The van der Waals surface area contributed by atoms with Crippen LogP contribution in [0.1, 0.15) is 61.5 Å². The first kappa shape index (κ1) is 39.5. The highest BCUT2D eigenvalue weighted by atomic mass is 19.4. The number of nitrogens with one attached hydrogen (secondary N) is 2. The number of rotatable bonds is 9. The maximum absolute atomic E-state index is 14.4. The van der Waals surface area contributed by atoms with E-state index in [2.05, 4.69) is 15.5 Å². The van der Waals surface area contributed by atoms with Gasteiger partial charge in [-0.25, -0.2) is 4.79 Å². The minimum atomic E-state index is -4.50. The number of halogens is 3. The number of carbonyl (C=O) groups excluding carboxylic acids is 2. The van der Waals surface area contributed by atoms with Crippen LogP contribution in [0.4, 0.5) is 29.3 Å². The second-order valence-corrected chi connectivity index (χ2v) is 13.2. The van der Waals surface area contributed by atoms with Crippen molar-refractivity contribution in [2.24, 2.45) is 5.92 Å². The van der Waals surface area contributed by atoms with Crippen LogP contribution in [0.15, 0.2) is 66.7 Å². The molecule has 0 saturated heterocycles. The van der Waals surface area contributed by atoms with Crippen LogP contribution in [-0.2, 0) is 17.5 Å². The minimum Gasteiger partial charge on any atom is -0.497 e. The molecule has 0 bridgehead atoms. The molecule has 0 fully saturated rings. The molecule has 3 aromatic carbocycles. The summed E-state index contributed by atoms with van der Waals surface area (Å²) < 4.78 is 56.9. The van der Waals surface area contributed by atoms with Crippen LogP contribution in [0.3, 0.4) is 0 Å². The van der Waals surface area contributed by atoms with Gasteiger partial charge in [0.05, 0.1) is 43.1 Å². The first-order valence-corrected chi connectivity index (χ1v) is 17.2. The number of aliphatic hydroxyl groups is 1. The number of methoxy groups -OCH3 is 1. The number of anilines is 2. The monoisotopic (exact) mass is 714 g/mol. The molecule has 0 aromatic heterocycles. The second-order valence-electron chi connectivity index (χ2n) is 13.2. The number of ether oxygens (including phenoxy) is 3. The number of amides is 3. The number of fused-ring (bicyclic) bond motifs is 1. The van der Waals surface area contributed by atoms with Crippen LogP contribution in [0.2, 0.25) is 0 Å². The number of carbonyl (C=O) groups is 2. The molecule has 3 N–H and O–H groups in total. The lowest BCUT2D eigenvalue weighted by atomic mass is 10.0. The zero-order valence-corrected chi connectivity index (χ0v) is 29.8. The van der Waals surface area contributed by atoms with Crippen molar-refractivity contribution >= 4 is 23.3 Å². The molecule has 10 nitrogen and oxygen atoms in total. The molecule has 0 spiro atoms. The third-order valence-electron chi connectivity index (χ3n) is 8.88. The molecule has 0 unspecified atom stereocenters. The van der Waals surface area contributed by atoms with Gasteiger partial charge in [-0.05, 0) is 100 Å². The van der Waals surface area contributed by atoms with Crippen molar-refractivity contribution in [3.8, 4) is 11.5 Å². The standard InChI is InChI=1S/C38H49F3N4O6/c1-25-21-45(26(2)24-46)36(47)33-20-31(43-37(48)42-30-13-11-29(12-14-30)38(39,40)41)15-18-34(33)51-27(3)8-6-7-19-50-35(25)23-44(4)22-28-9-16-32(49-5)17-10-28/h9-18,20,25-27,35,46H,6-8,19,21-24H2,1-5H3,(H2,42,43,48)/t25-,26+,27-,35-/m0/s1. The molecule has 3 aromatic rings. The van der Waals surface area contributed by atoms with Crippen LogP contribution >= 0.6 is 0 Å². The van der Waals surface area contributed by atoms with E-state index in [0.29, 0.717) is 25.4 Å². The van der Waals surface area contributed by atoms with Crippen molar-refractivity contribution in [2.75, 3.05) is 51.1 Å². The van der Waals surface area contributed by atoms with Crippen LogP contribution < -0.4 is 20.1 Å². The smallest absolute Gasteiger partial charge is 0.416 e. The third-order valence-corrected chi connectivity index (χ3v) is 8.88. The summed E-state index contributed by atoms with van der Waals surface area (Å²) >= 11 is 0. The normalized spacial score (nSPS) is 19.8.